The summed E-state index contributed by atoms with van der Waals surface area (Å²) in [5, 5.41) is 6.00. The summed E-state index contributed by atoms with van der Waals surface area (Å²) in [6, 6.07) is 8.74. The molecule has 0 bridgehead atoms. The fourth-order valence-electron chi connectivity index (χ4n) is 3.74. The van der Waals surface area contributed by atoms with Crippen LogP contribution >= 0.6 is 11.8 Å². The molecule has 3 unspecified atom stereocenters. The Bertz CT molecular complexity index is 800. The molecule has 2 amide bonds. The normalized spacial score (nSPS) is 20.5. The highest BCUT2D eigenvalue weighted by Gasteiger charge is 2.30. The van der Waals surface area contributed by atoms with Crippen LogP contribution in [0.25, 0.3) is 0 Å². The molecular formula is C22H30N4O3S. The Kier molecular flexibility index (Phi) is 8.33. The van der Waals surface area contributed by atoms with E-state index in [-0.39, 0.29) is 23.6 Å². The van der Waals surface area contributed by atoms with Crippen molar-refractivity contribution in [3.63, 3.8) is 0 Å². The number of thioether (sulfide) groups is 1. The van der Waals surface area contributed by atoms with Crippen molar-refractivity contribution in [3.05, 3.63) is 54.2 Å². The van der Waals surface area contributed by atoms with Crippen LogP contribution in [0.4, 0.5) is 0 Å². The van der Waals surface area contributed by atoms with Gasteiger partial charge in [0.1, 0.15) is 6.04 Å². The van der Waals surface area contributed by atoms with Crippen LogP contribution < -0.4 is 10.6 Å². The van der Waals surface area contributed by atoms with Gasteiger partial charge in [-0.3, -0.25) is 19.5 Å². The van der Waals surface area contributed by atoms with Gasteiger partial charge in [-0.05, 0) is 55.0 Å². The van der Waals surface area contributed by atoms with Crippen molar-refractivity contribution >= 4 is 23.6 Å². The summed E-state index contributed by atoms with van der Waals surface area (Å²) in [4.78, 5) is 32.1. The zero-order chi connectivity index (χ0) is 21.3. The van der Waals surface area contributed by atoms with Crippen molar-refractivity contribution in [2.24, 2.45) is 5.92 Å². The third kappa shape index (κ3) is 6.34. The molecule has 1 fully saturated rings. The first-order valence-corrected chi connectivity index (χ1v) is 11.7. The summed E-state index contributed by atoms with van der Waals surface area (Å²) >= 11 is 1.65. The molecule has 1 aliphatic rings. The molecule has 2 aromatic heterocycles. The lowest BCUT2D eigenvalue weighted by molar-refractivity contribution is -0.124. The Balaban J connectivity index is 1.53. The smallest absolute Gasteiger partial charge is 0.287 e. The number of amides is 2. The van der Waals surface area contributed by atoms with Crippen LogP contribution in [0.1, 0.15) is 36.0 Å². The van der Waals surface area contributed by atoms with E-state index in [1.54, 1.807) is 23.9 Å². The van der Waals surface area contributed by atoms with E-state index in [9.17, 15) is 9.59 Å². The second kappa shape index (κ2) is 11.2. The SMILES string of the molecule is CSCCC(NC(=O)c1ccco1)C(=O)NC1CCN(Cc2ccccn2)CC1C. The molecule has 0 spiro atoms. The summed E-state index contributed by atoms with van der Waals surface area (Å²) in [7, 11) is 0. The van der Waals surface area contributed by atoms with E-state index in [0.29, 0.717) is 12.3 Å². The van der Waals surface area contributed by atoms with Gasteiger partial charge in [-0.1, -0.05) is 13.0 Å². The minimum Gasteiger partial charge on any atom is -0.459 e. The molecule has 30 heavy (non-hydrogen) atoms. The molecule has 1 saturated heterocycles. The zero-order valence-electron chi connectivity index (χ0n) is 17.5. The predicted molar refractivity (Wildman–Crippen MR) is 118 cm³/mol. The molecule has 0 aliphatic carbocycles. The van der Waals surface area contributed by atoms with Crippen molar-refractivity contribution in [1.29, 1.82) is 0 Å². The van der Waals surface area contributed by atoms with Gasteiger partial charge in [0, 0.05) is 31.9 Å². The number of likely N-dealkylation sites (tertiary alicyclic amines) is 1. The van der Waals surface area contributed by atoms with Crippen LogP contribution in [0.2, 0.25) is 0 Å². The number of carbonyl (C=O) groups is 2. The van der Waals surface area contributed by atoms with Crippen molar-refractivity contribution in [1.82, 2.24) is 20.5 Å². The van der Waals surface area contributed by atoms with Crippen LogP contribution in [0, 0.1) is 5.92 Å². The molecule has 3 heterocycles. The first-order chi connectivity index (χ1) is 14.6. The summed E-state index contributed by atoms with van der Waals surface area (Å²) < 4.78 is 5.15. The number of nitrogens with one attached hydrogen (secondary N) is 2. The number of nitrogens with zero attached hydrogens (tertiary/aromatic N) is 2. The van der Waals surface area contributed by atoms with Crippen LogP contribution in [-0.4, -0.2) is 58.9 Å². The lowest BCUT2D eigenvalue weighted by atomic mass is 9.93. The van der Waals surface area contributed by atoms with Crippen molar-refractivity contribution in [2.75, 3.05) is 25.1 Å². The van der Waals surface area contributed by atoms with E-state index in [2.05, 4.69) is 27.4 Å². The monoisotopic (exact) mass is 430 g/mol. The highest BCUT2D eigenvalue weighted by Crippen LogP contribution is 2.19. The molecule has 7 nitrogen and oxygen atoms in total. The van der Waals surface area contributed by atoms with Crippen molar-refractivity contribution < 1.29 is 14.0 Å². The fourth-order valence-corrected chi connectivity index (χ4v) is 4.21. The van der Waals surface area contributed by atoms with Gasteiger partial charge in [0.2, 0.25) is 5.91 Å². The maximum atomic E-state index is 13.0. The topological polar surface area (TPSA) is 87.5 Å². The van der Waals surface area contributed by atoms with Crippen LogP contribution in [0.5, 0.6) is 0 Å². The Hall–Kier alpha value is -2.32. The Morgan fingerprint density at radius 3 is 2.87 bits per heavy atom. The van der Waals surface area contributed by atoms with Gasteiger partial charge >= 0.3 is 0 Å². The molecule has 0 saturated carbocycles. The summed E-state index contributed by atoms with van der Waals surface area (Å²) in [5.41, 5.74) is 1.06. The molecule has 3 atom stereocenters. The average molecular weight is 431 g/mol. The Morgan fingerprint density at radius 1 is 1.33 bits per heavy atom. The van der Waals surface area contributed by atoms with Crippen LogP contribution in [-0.2, 0) is 11.3 Å². The second-order valence-electron chi connectivity index (χ2n) is 7.72. The Labute approximate surface area is 182 Å². The summed E-state index contributed by atoms with van der Waals surface area (Å²) in [6.07, 6.45) is 6.71. The largest absolute Gasteiger partial charge is 0.459 e. The molecule has 8 heteroatoms. The number of furan rings is 1. The van der Waals surface area contributed by atoms with E-state index in [1.807, 2.05) is 30.7 Å². The van der Waals surface area contributed by atoms with Crippen LogP contribution in [0.3, 0.4) is 0 Å². The number of piperidine rings is 1. The van der Waals surface area contributed by atoms with Gasteiger partial charge in [-0.25, -0.2) is 0 Å². The molecule has 1 aliphatic heterocycles. The second-order valence-corrected chi connectivity index (χ2v) is 8.71. The lowest BCUT2D eigenvalue weighted by Crippen LogP contribution is -2.55. The third-order valence-corrected chi connectivity index (χ3v) is 6.05. The minimum absolute atomic E-state index is 0.0924. The van der Waals surface area contributed by atoms with E-state index >= 15 is 0 Å². The highest BCUT2D eigenvalue weighted by atomic mass is 32.2. The van der Waals surface area contributed by atoms with Gasteiger partial charge in [0.25, 0.3) is 5.91 Å². The molecular weight excluding hydrogens is 400 g/mol. The maximum absolute atomic E-state index is 13.0. The van der Waals surface area contributed by atoms with E-state index in [1.165, 1.54) is 6.26 Å². The Morgan fingerprint density at radius 2 is 2.20 bits per heavy atom. The van der Waals surface area contributed by atoms with Crippen LogP contribution in [0.15, 0.2) is 47.2 Å². The minimum atomic E-state index is -0.575. The number of pyridine rings is 1. The van der Waals surface area contributed by atoms with Gasteiger partial charge in [-0.2, -0.15) is 11.8 Å². The summed E-state index contributed by atoms with van der Waals surface area (Å²) in [5.74, 6) is 0.828. The zero-order valence-corrected chi connectivity index (χ0v) is 18.4. The van der Waals surface area contributed by atoms with E-state index in [4.69, 9.17) is 4.42 Å². The summed E-state index contributed by atoms with van der Waals surface area (Å²) in [6.45, 7) is 4.78. The quantitative estimate of drug-likeness (QED) is 0.636. The van der Waals surface area contributed by atoms with Gasteiger partial charge in [0.15, 0.2) is 5.76 Å². The number of aromatic nitrogens is 1. The molecule has 0 aromatic carbocycles. The predicted octanol–water partition coefficient (Wildman–Crippen LogP) is 2.55. The first-order valence-electron chi connectivity index (χ1n) is 10.3. The maximum Gasteiger partial charge on any atom is 0.287 e. The number of hydrogen-bond donors (Lipinski definition) is 2. The molecule has 162 valence electrons. The molecule has 2 N–H and O–H groups in total. The van der Waals surface area contributed by atoms with Gasteiger partial charge in [-0.15, -0.1) is 0 Å². The van der Waals surface area contributed by atoms with E-state index in [0.717, 1.165) is 37.5 Å². The van der Waals surface area contributed by atoms with E-state index < -0.39 is 6.04 Å². The highest BCUT2D eigenvalue weighted by molar-refractivity contribution is 7.98. The van der Waals surface area contributed by atoms with Crippen molar-refractivity contribution in [3.8, 4) is 0 Å². The number of rotatable bonds is 9. The third-order valence-electron chi connectivity index (χ3n) is 5.41. The molecule has 3 rings (SSSR count). The van der Waals surface area contributed by atoms with Gasteiger partial charge < -0.3 is 15.1 Å². The number of hydrogen-bond acceptors (Lipinski definition) is 6. The molecule has 0 radical (unpaired) electrons. The fraction of sp³-hybridized carbons (Fsp3) is 0.500. The molecule has 2 aromatic rings. The average Bonchev–Trinajstić information content (AvgIpc) is 3.29. The van der Waals surface area contributed by atoms with Gasteiger partial charge in [0.05, 0.1) is 12.0 Å². The standard InChI is InChI=1S/C22H30N4O3S/c1-16-14-26(15-17-6-3-4-10-23-17)11-8-18(16)24-21(27)19(9-13-30-2)25-22(28)20-7-5-12-29-20/h3-7,10,12,16,18-19H,8-9,11,13-15H2,1-2H3,(H,24,27)(H,25,28). The number of carbonyl (C=O) groups excluding carboxylic acids is 2. The first kappa shape index (κ1) is 22.4. The van der Waals surface area contributed by atoms with Crippen molar-refractivity contribution in [2.45, 2.75) is 38.4 Å². The lowest BCUT2D eigenvalue weighted by Gasteiger charge is -2.37.